The molecule has 0 aliphatic heterocycles. The molecule has 5 nitrogen and oxygen atoms in total. The molecule has 0 saturated carbocycles. The van der Waals surface area contributed by atoms with Crippen LogP contribution in [0, 0.1) is 0 Å². The first-order valence-corrected chi connectivity index (χ1v) is 7.60. The van der Waals surface area contributed by atoms with Gasteiger partial charge < -0.3 is 15.0 Å². The van der Waals surface area contributed by atoms with E-state index in [1.165, 1.54) is 11.8 Å². The highest BCUT2D eigenvalue weighted by atomic mass is 16.5. The standard InChI is InChI=1S/C17H26N2O3/c1-13(2)15-8-5-6-9-16(15)19(14(3)20)12-17(21)18-10-7-11-22-4/h5-6,8-9,13H,7,10-12H2,1-4H3,(H,18,21). The summed E-state index contributed by atoms with van der Waals surface area (Å²) in [5, 5.41) is 2.81. The number of amides is 2. The third-order valence-electron chi connectivity index (χ3n) is 3.38. The Labute approximate surface area is 132 Å². The Bertz CT molecular complexity index is 500. The molecule has 0 radical (unpaired) electrons. The predicted octanol–water partition coefficient (Wildman–Crippen LogP) is 2.32. The van der Waals surface area contributed by atoms with Crippen molar-refractivity contribution in [2.24, 2.45) is 0 Å². The van der Waals surface area contributed by atoms with Crippen molar-refractivity contribution >= 4 is 17.5 Å². The molecule has 1 aromatic carbocycles. The number of methoxy groups -OCH3 is 1. The van der Waals surface area contributed by atoms with E-state index in [1.807, 2.05) is 24.3 Å². The molecule has 1 rings (SSSR count). The molecule has 0 fully saturated rings. The summed E-state index contributed by atoms with van der Waals surface area (Å²) in [4.78, 5) is 25.5. The van der Waals surface area contributed by atoms with Gasteiger partial charge in [-0.15, -0.1) is 0 Å². The molecule has 0 spiro atoms. The van der Waals surface area contributed by atoms with E-state index in [2.05, 4.69) is 19.2 Å². The highest BCUT2D eigenvalue weighted by molar-refractivity contribution is 5.98. The van der Waals surface area contributed by atoms with E-state index in [9.17, 15) is 9.59 Å². The predicted molar refractivity (Wildman–Crippen MR) is 88.1 cm³/mol. The Morgan fingerprint density at radius 3 is 2.55 bits per heavy atom. The van der Waals surface area contributed by atoms with Crippen molar-refractivity contribution in [3.05, 3.63) is 29.8 Å². The number of benzene rings is 1. The third kappa shape index (κ3) is 5.48. The number of ether oxygens (including phenoxy) is 1. The summed E-state index contributed by atoms with van der Waals surface area (Å²) in [6.45, 7) is 6.81. The highest BCUT2D eigenvalue weighted by Crippen LogP contribution is 2.27. The smallest absolute Gasteiger partial charge is 0.240 e. The summed E-state index contributed by atoms with van der Waals surface area (Å²) in [6.07, 6.45) is 0.755. The monoisotopic (exact) mass is 306 g/mol. The van der Waals surface area contributed by atoms with E-state index in [0.717, 1.165) is 17.7 Å². The van der Waals surface area contributed by atoms with E-state index in [-0.39, 0.29) is 24.3 Å². The number of carbonyl (C=O) groups excluding carboxylic acids is 2. The fraction of sp³-hybridized carbons (Fsp3) is 0.529. The zero-order chi connectivity index (χ0) is 16.5. The SMILES string of the molecule is COCCCNC(=O)CN(C(C)=O)c1ccccc1C(C)C. The minimum atomic E-state index is -0.162. The van der Waals surface area contributed by atoms with Crippen LogP contribution in [0.5, 0.6) is 0 Å². The van der Waals surface area contributed by atoms with Crippen LogP contribution in [0.3, 0.4) is 0 Å². The van der Waals surface area contributed by atoms with Crippen LogP contribution < -0.4 is 10.2 Å². The van der Waals surface area contributed by atoms with Gasteiger partial charge in [-0.2, -0.15) is 0 Å². The van der Waals surface area contributed by atoms with E-state index < -0.39 is 0 Å². The number of nitrogens with zero attached hydrogens (tertiary/aromatic N) is 1. The number of nitrogens with one attached hydrogen (secondary N) is 1. The number of hydrogen-bond acceptors (Lipinski definition) is 3. The van der Waals surface area contributed by atoms with Gasteiger partial charge in [0.15, 0.2) is 0 Å². The Morgan fingerprint density at radius 1 is 1.27 bits per heavy atom. The van der Waals surface area contributed by atoms with E-state index in [1.54, 1.807) is 7.11 Å². The number of rotatable bonds is 8. The summed E-state index contributed by atoms with van der Waals surface area (Å²) in [6, 6.07) is 7.71. The van der Waals surface area contributed by atoms with Crippen LogP contribution in [-0.2, 0) is 14.3 Å². The van der Waals surface area contributed by atoms with Crippen molar-refractivity contribution < 1.29 is 14.3 Å². The normalized spacial score (nSPS) is 10.6. The second-order valence-electron chi connectivity index (χ2n) is 5.51. The molecule has 0 atom stereocenters. The Morgan fingerprint density at radius 2 is 1.95 bits per heavy atom. The van der Waals surface area contributed by atoms with Crippen LogP contribution in [0.15, 0.2) is 24.3 Å². The van der Waals surface area contributed by atoms with Crippen LogP contribution in [0.25, 0.3) is 0 Å². The molecule has 5 heteroatoms. The molecule has 122 valence electrons. The van der Waals surface area contributed by atoms with E-state index >= 15 is 0 Å². The van der Waals surface area contributed by atoms with Gasteiger partial charge in [0, 0.05) is 32.9 Å². The van der Waals surface area contributed by atoms with Crippen molar-refractivity contribution in [1.82, 2.24) is 5.32 Å². The number of anilines is 1. The van der Waals surface area contributed by atoms with Gasteiger partial charge in [0.2, 0.25) is 11.8 Å². The zero-order valence-corrected chi connectivity index (χ0v) is 13.9. The minimum Gasteiger partial charge on any atom is -0.385 e. The van der Waals surface area contributed by atoms with Crippen molar-refractivity contribution in [1.29, 1.82) is 0 Å². The van der Waals surface area contributed by atoms with Gasteiger partial charge in [0.25, 0.3) is 0 Å². The Hall–Kier alpha value is -1.88. The van der Waals surface area contributed by atoms with Gasteiger partial charge in [-0.05, 0) is 24.0 Å². The maximum absolute atomic E-state index is 12.0. The first kappa shape index (κ1) is 18.2. The summed E-state index contributed by atoms with van der Waals surface area (Å²) in [5.41, 5.74) is 1.86. The Kier molecular flexibility index (Phi) is 7.60. The molecule has 0 bridgehead atoms. The quantitative estimate of drug-likeness (QED) is 0.750. The summed E-state index contributed by atoms with van der Waals surface area (Å²) in [7, 11) is 1.63. The van der Waals surface area contributed by atoms with Gasteiger partial charge >= 0.3 is 0 Å². The van der Waals surface area contributed by atoms with Gasteiger partial charge in [0.05, 0.1) is 0 Å². The maximum Gasteiger partial charge on any atom is 0.240 e. The number of hydrogen-bond donors (Lipinski definition) is 1. The lowest BCUT2D eigenvalue weighted by Crippen LogP contribution is -2.40. The summed E-state index contributed by atoms with van der Waals surface area (Å²) >= 11 is 0. The minimum absolute atomic E-state index is 0.0338. The lowest BCUT2D eigenvalue weighted by molar-refractivity contribution is -0.123. The van der Waals surface area contributed by atoms with E-state index in [4.69, 9.17) is 4.74 Å². The lowest BCUT2D eigenvalue weighted by atomic mass is 10.0. The average molecular weight is 306 g/mol. The van der Waals surface area contributed by atoms with E-state index in [0.29, 0.717) is 13.2 Å². The van der Waals surface area contributed by atoms with Crippen molar-refractivity contribution in [3.8, 4) is 0 Å². The fourth-order valence-electron chi connectivity index (χ4n) is 2.23. The molecule has 1 aromatic rings. The van der Waals surface area contributed by atoms with Gasteiger partial charge in [0.1, 0.15) is 6.54 Å². The average Bonchev–Trinajstić information content (AvgIpc) is 2.49. The second kappa shape index (κ2) is 9.20. The third-order valence-corrected chi connectivity index (χ3v) is 3.38. The molecule has 0 aliphatic rings. The van der Waals surface area contributed by atoms with Crippen LogP contribution in [0.2, 0.25) is 0 Å². The van der Waals surface area contributed by atoms with Crippen molar-refractivity contribution in [3.63, 3.8) is 0 Å². The van der Waals surface area contributed by atoms with Crippen LogP contribution in [0.1, 0.15) is 38.7 Å². The molecule has 0 unspecified atom stereocenters. The molecule has 1 N–H and O–H groups in total. The molecular weight excluding hydrogens is 280 g/mol. The lowest BCUT2D eigenvalue weighted by Gasteiger charge is -2.24. The first-order chi connectivity index (χ1) is 10.5. The van der Waals surface area contributed by atoms with Crippen LogP contribution >= 0.6 is 0 Å². The zero-order valence-electron chi connectivity index (χ0n) is 13.9. The van der Waals surface area contributed by atoms with Gasteiger partial charge in [-0.3, -0.25) is 9.59 Å². The van der Waals surface area contributed by atoms with Crippen molar-refractivity contribution in [2.45, 2.75) is 33.1 Å². The van der Waals surface area contributed by atoms with Gasteiger partial charge in [-0.1, -0.05) is 32.0 Å². The molecule has 0 aliphatic carbocycles. The van der Waals surface area contributed by atoms with Crippen LogP contribution in [-0.4, -0.2) is 38.6 Å². The fourth-order valence-corrected chi connectivity index (χ4v) is 2.23. The molecule has 0 saturated heterocycles. The molecule has 2 amide bonds. The largest absolute Gasteiger partial charge is 0.385 e. The Balaban J connectivity index is 2.78. The van der Waals surface area contributed by atoms with Crippen molar-refractivity contribution in [2.75, 3.05) is 31.7 Å². The molecule has 0 heterocycles. The highest BCUT2D eigenvalue weighted by Gasteiger charge is 2.19. The topological polar surface area (TPSA) is 58.6 Å². The summed E-state index contributed by atoms with van der Waals surface area (Å²) < 4.78 is 4.94. The number of carbonyl (C=O) groups is 2. The first-order valence-electron chi connectivity index (χ1n) is 7.60. The number of para-hydroxylation sites is 1. The van der Waals surface area contributed by atoms with Gasteiger partial charge in [-0.25, -0.2) is 0 Å². The molecule has 22 heavy (non-hydrogen) atoms. The maximum atomic E-state index is 12.0. The molecule has 0 aromatic heterocycles. The van der Waals surface area contributed by atoms with Crippen LogP contribution in [0.4, 0.5) is 5.69 Å². The molecular formula is C17H26N2O3. The second-order valence-corrected chi connectivity index (χ2v) is 5.51. The summed E-state index contributed by atoms with van der Waals surface area (Å²) in [5.74, 6) is -0.0205.